The van der Waals surface area contributed by atoms with E-state index in [4.69, 9.17) is 21.7 Å². The van der Waals surface area contributed by atoms with E-state index in [2.05, 4.69) is 10.6 Å². The molecule has 3 aromatic carbocycles. The lowest BCUT2D eigenvalue weighted by atomic mass is 10.2. The van der Waals surface area contributed by atoms with E-state index in [-0.39, 0.29) is 0 Å². The van der Waals surface area contributed by atoms with Gasteiger partial charge in [-0.3, -0.25) is 10.2 Å². The molecular formula is C24H20ClF2N3O2. The number of carbonyl (C=O) groups is 1. The van der Waals surface area contributed by atoms with Crippen LogP contribution in [0.3, 0.4) is 0 Å². The SMILES string of the molecule is N=C(/C=C\NCc1cc(Cl)ccc1OCc1ccccc1)C(=O)Nc1c(F)cccc1F. The number of anilines is 1. The van der Waals surface area contributed by atoms with Crippen LogP contribution in [-0.4, -0.2) is 11.6 Å². The standard InChI is InChI=1S/C24H20ClF2N3O2/c25-18-9-10-22(32-15-16-5-2-1-3-6-16)17(13-18)14-29-12-11-21(28)24(31)30-23-19(26)7-4-8-20(23)27/h1-13,28-29H,14-15H2,(H,30,31)/b12-11-,28-21?. The Kier molecular flexibility index (Phi) is 7.94. The second-order valence-corrected chi connectivity index (χ2v) is 7.14. The van der Waals surface area contributed by atoms with Gasteiger partial charge in [-0.15, -0.1) is 0 Å². The molecule has 5 nitrogen and oxygen atoms in total. The Balaban J connectivity index is 1.56. The van der Waals surface area contributed by atoms with Crippen molar-refractivity contribution in [3.05, 3.63) is 107 Å². The Hall–Kier alpha value is -3.71. The zero-order chi connectivity index (χ0) is 22.9. The number of rotatable bonds is 9. The van der Waals surface area contributed by atoms with Gasteiger partial charge in [-0.05, 0) is 48.2 Å². The Morgan fingerprint density at radius 3 is 2.47 bits per heavy atom. The summed E-state index contributed by atoms with van der Waals surface area (Å²) >= 11 is 6.09. The van der Waals surface area contributed by atoms with Gasteiger partial charge in [0.25, 0.3) is 5.91 Å². The predicted molar refractivity (Wildman–Crippen MR) is 121 cm³/mol. The van der Waals surface area contributed by atoms with Crippen molar-refractivity contribution in [3.63, 3.8) is 0 Å². The molecule has 0 aliphatic rings. The fourth-order valence-electron chi connectivity index (χ4n) is 2.75. The van der Waals surface area contributed by atoms with Crippen molar-refractivity contribution in [1.29, 1.82) is 5.41 Å². The first-order chi connectivity index (χ1) is 15.4. The van der Waals surface area contributed by atoms with Gasteiger partial charge in [0.15, 0.2) is 0 Å². The van der Waals surface area contributed by atoms with Crippen LogP contribution in [0.2, 0.25) is 5.02 Å². The molecule has 0 aromatic heterocycles. The fraction of sp³-hybridized carbons (Fsp3) is 0.0833. The molecule has 0 aliphatic carbocycles. The van der Waals surface area contributed by atoms with Crippen LogP contribution in [0.4, 0.5) is 14.5 Å². The molecule has 3 N–H and O–H groups in total. The molecule has 0 aliphatic heterocycles. The molecule has 0 unspecified atom stereocenters. The van der Waals surface area contributed by atoms with Crippen LogP contribution in [0, 0.1) is 17.0 Å². The minimum Gasteiger partial charge on any atom is -0.489 e. The summed E-state index contributed by atoms with van der Waals surface area (Å²) in [6.07, 6.45) is 2.57. The van der Waals surface area contributed by atoms with Crippen molar-refractivity contribution in [2.45, 2.75) is 13.2 Å². The molecule has 164 valence electrons. The van der Waals surface area contributed by atoms with E-state index in [1.807, 2.05) is 30.3 Å². The van der Waals surface area contributed by atoms with E-state index in [0.29, 0.717) is 23.9 Å². The lowest BCUT2D eigenvalue weighted by Crippen LogP contribution is -2.22. The van der Waals surface area contributed by atoms with Crippen molar-refractivity contribution in [2.75, 3.05) is 5.32 Å². The van der Waals surface area contributed by atoms with Gasteiger partial charge >= 0.3 is 0 Å². The third-order valence-electron chi connectivity index (χ3n) is 4.37. The zero-order valence-electron chi connectivity index (χ0n) is 16.9. The number of nitrogens with one attached hydrogen (secondary N) is 3. The van der Waals surface area contributed by atoms with Crippen LogP contribution in [0.15, 0.2) is 79.0 Å². The van der Waals surface area contributed by atoms with E-state index in [9.17, 15) is 13.6 Å². The molecule has 0 radical (unpaired) electrons. The zero-order valence-corrected chi connectivity index (χ0v) is 17.6. The monoisotopic (exact) mass is 455 g/mol. The third-order valence-corrected chi connectivity index (χ3v) is 4.60. The maximum absolute atomic E-state index is 13.6. The van der Waals surface area contributed by atoms with Crippen molar-refractivity contribution in [2.24, 2.45) is 0 Å². The van der Waals surface area contributed by atoms with E-state index in [0.717, 1.165) is 23.3 Å². The van der Waals surface area contributed by atoms with E-state index in [1.54, 1.807) is 18.2 Å². The summed E-state index contributed by atoms with van der Waals surface area (Å²) in [5, 5.41) is 13.3. The van der Waals surface area contributed by atoms with Gasteiger partial charge in [0.2, 0.25) is 0 Å². The molecule has 0 bridgehead atoms. The summed E-state index contributed by atoms with van der Waals surface area (Å²) in [7, 11) is 0. The number of hydrogen-bond donors (Lipinski definition) is 3. The molecular weight excluding hydrogens is 436 g/mol. The summed E-state index contributed by atoms with van der Waals surface area (Å²) < 4.78 is 33.1. The Morgan fingerprint density at radius 2 is 1.75 bits per heavy atom. The molecule has 0 saturated carbocycles. The molecule has 1 amide bonds. The number of carbonyl (C=O) groups excluding carboxylic acids is 1. The molecule has 0 heterocycles. The number of para-hydroxylation sites is 1. The van der Waals surface area contributed by atoms with Crippen molar-refractivity contribution in [1.82, 2.24) is 5.32 Å². The Morgan fingerprint density at radius 1 is 1.03 bits per heavy atom. The van der Waals surface area contributed by atoms with Gasteiger partial charge in [0.05, 0.1) is 0 Å². The second kappa shape index (κ2) is 11.1. The molecule has 0 saturated heterocycles. The second-order valence-electron chi connectivity index (χ2n) is 6.71. The summed E-state index contributed by atoms with van der Waals surface area (Å²) in [5.74, 6) is -2.14. The van der Waals surface area contributed by atoms with Crippen LogP contribution >= 0.6 is 11.6 Å². The van der Waals surface area contributed by atoms with Crippen molar-refractivity contribution in [3.8, 4) is 5.75 Å². The molecule has 32 heavy (non-hydrogen) atoms. The first kappa shape index (κ1) is 23.0. The minimum atomic E-state index is -0.943. The van der Waals surface area contributed by atoms with Gasteiger partial charge in [0, 0.05) is 17.1 Å². The number of halogens is 3. The molecule has 0 atom stereocenters. The van der Waals surface area contributed by atoms with Crippen molar-refractivity contribution >= 4 is 28.9 Å². The largest absolute Gasteiger partial charge is 0.489 e. The Bertz CT molecular complexity index is 1120. The lowest BCUT2D eigenvalue weighted by molar-refractivity contribution is -0.110. The quantitative estimate of drug-likeness (QED) is 0.375. The number of ether oxygens (including phenoxy) is 1. The predicted octanol–water partition coefficient (Wildman–Crippen LogP) is 5.46. The topological polar surface area (TPSA) is 74.2 Å². The molecule has 8 heteroatoms. The molecule has 3 aromatic rings. The average Bonchev–Trinajstić information content (AvgIpc) is 2.79. The van der Waals surface area contributed by atoms with Gasteiger partial charge in [0.1, 0.15) is 35.4 Å². The first-order valence-corrected chi connectivity index (χ1v) is 10.0. The normalized spacial score (nSPS) is 10.7. The van der Waals surface area contributed by atoms with Crippen LogP contribution in [0.25, 0.3) is 0 Å². The van der Waals surface area contributed by atoms with Crippen LogP contribution in [0.5, 0.6) is 5.75 Å². The smallest absolute Gasteiger partial charge is 0.273 e. The minimum absolute atomic E-state index is 0.317. The maximum atomic E-state index is 13.6. The van der Waals surface area contributed by atoms with E-state index < -0.39 is 28.9 Å². The summed E-state index contributed by atoms with van der Waals surface area (Å²) in [5.41, 5.74) is 0.726. The summed E-state index contributed by atoms with van der Waals surface area (Å²) in [6, 6.07) is 18.2. The first-order valence-electron chi connectivity index (χ1n) is 9.63. The average molecular weight is 456 g/mol. The van der Waals surface area contributed by atoms with E-state index in [1.165, 1.54) is 18.3 Å². The van der Waals surface area contributed by atoms with Gasteiger partial charge in [-0.1, -0.05) is 48.0 Å². The maximum Gasteiger partial charge on any atom is 0.273 e. The Labute approximate surface area is 189 Å². The molecule has 0 fully saturated rings. The lowest BCUT2D eigenvalue weighted by Gasteiger charge is -2.12. The molecule has 0 spiro atoms. The number of hydrogen-bond acceptors (Lipinski definition) is 4. The van der Waals surface area contributed by atoms with Gasteiger partial charge < -0.3 is 15.4 Å². The fourth-order valence-corrected chi connectivity index (χ4v) is 2.94. The number of amides is 1. The summed E-state index contributed by atoms with van der Waals surface area (Å²) in [4.78, 5) is 12.0. The van der Waals surface area contributed by atoms with Crippen LogP contribution in [-0.2, 0) is 17.9 Å². The highest BCUT2D eigenvalue weighted by Crippen LogP contribution is 2.24. The highest BCUT2D eigenvalue weighted by Gasteiger charge is 2.14. The van der Waals surface area contributed by atoms with Crippen LogP contribution < -0.4 is 15.4 Å². The summed E-state index contributed by atoms with van der Waals surface area (Å²) in [6.45, 7) is 0.709. The van der Waals surface area contributed by atoms with Crippen LogP contribution in [0.1, 0.15) is 11.1 Å². The number of benzene rings is 3. The molecule has 3 rings (SSSR count). The van der Waals surface area contributed by atoms with Crippen molar-refractivity contribution < 1.29 is 18.3 Å². The van der Waals surface area contributed by atoms with E-state index >= 15 is 0 Å². The van der Waals surface area contributed by atoms with Gasteiger partial charge in [-0.25, -0.2) is 8.78 Å². The highest BCUT2D eigenvalue weighted by molar-refractivity contribution is 6.45. The van der Waals surface area contributed by atoms with Gasteiger partial charge in [-0.2, -0.15) is 0 Å². The third kappa shape index (κ3) is 6.39. The highest BCUT2D eigenvalue weighted by atomic mass is 35.5.